The van der Waals surface area contributed by atoms with E-state index in [4.69, 9.17) is 36.0 Å². The Morgan fingerprint density at radius 3 is 1.84 bits per heavy atom. The van der Waals surface area contributed by atoms with Gasteiger partial charge in [0.05, 0.1) is 19.6 Å². The van der Waals surface area contributed by atoms with Crippen LogP contribution in [0.15, 0.2) is 0 Å². The van der Waals surface area contributed by atoms with Gasteiger partial charge in [0.2, 0.25) is 0 Å². The fraction of sp³-hybridized carbons (Fsp3) is 0.938. The summed E-state index contributed by atoms with van der Waals surface area (Å²) in [4.78, 5) is 21.5. The Morgan fingerprint density at radius 1 is 1.04 bits per heavy atom. The van der Waals surface area contributed by atoms with Crippen molar-refractivity contribution < 1.29 is 29.0 Å². The lowest BCUT2D eigenvalue weighted by Crippen LogP contribution is -2.10. The van der Waals surface area contributed by atoms with E-state index >= 15 is 0 Å². The van der Waals surface area contributed by atoms with Crippen molar-refractivity contribution >= 4 is 34.9 Å². The monoisotopic (exact) mass is 416 g/mol. The summed E-state index contributed by atoms with van der Waals surface area (Å²) in [6.07, 6.45) is 4.16. The van der Waals surface area contributed by atoms with Gasteiger partial charge in [-0.15, -0.1) is 0 Å². The van der Waals surface area contributed by atoms with Crippen LogP contribution >= 0.6 is 17.1 Å². The Morgan fingerprint density at radius 2 is 1.48 bits per heavy atom. The van der Waals surface area contributed by atoms with Crippen molar-refractivity contribution in [3.05, 3.63) is 0 Å². The zero-order chi connectivity index (χ0) is 19.3. The molecule has 0 amide bonds. The zero-order valence-electron chi connectivity index (χ0n) is 15.9. The molecule has 3 unspecified atom stereocenters. The highest BCUT2D eigenvalue weighted by molar-refractivity contribution is 8.68. The van der Waals surface area contributed by atoms with E-state index in [-0.39, 0.29) is 11.7 Å². The first kappa shape index (κ1) is 25.3. The highest BCUT2D eigenvalue weighted by Crippen LogP contribution is 2.63. The maximum absolute atomic E-state index is 10.9. The molecule has 1 N–H and O–H groups in total. The second-order valence-corrected chi connectivity index (χ2v) is 12.9. The molecule has 9 heteroatoms. The molecule has 150 valence electrons. The summed E-state index contributed by atoms with van der Waals surface area (Å²) in [5, 5.41) is 8.65. The maximum Gasteiger partial charge on any atom is 0.307 e. The SMILES string of the molecule is CCCC(C)COOP(=S)(OOCC(C)CCC)SC(C)CC(=O)O. The third-order valence-electron chi connectivity index (χ3n) is 3.33. The normalized spacial score (nSPS) is 17.6. The van der Waals surface area contributed by atoms with Gasteiger partial charge in [-0.1, -0.05) is 58.8 Å². The van der Waals surface area contributed by atoms with Gasteiger partial charge in [-0.25, -0.2) is 9.78 Å². The number of hydrogen-bond acceptors (Lipinski definition) is 7. The van der Waals surface area contributed by atoms with Crippen LogP contribution in [0.2, 0.25) is 0 Å². The number of carboxylic acids is 1. The fourth-order valence-corrected chi connectivity index (χ4v) is 6.85. The summed E-state index contributed by atoms with van der Waals surface area (Å²) in [6.45, 7) is 11.0. The molecular weight excluding hydrogens is 383 g/mol. The largest absolute Gasteiger partial charge is 0.481 e. The van der Waals surface area contributed by atoms with Crippen LogP contribution in [0.5, 0.6) is 0 Å². The Hall–Kier alpha value is 0.310. The van der Waals surface area contributed by atoms with Crippen molar-refractivity contribution in [1.29, 1.82) is 0 Å². The lowest BCUT2D eigenvalue weighted by atomic mass is 10.1. The average molecular weight is 417 g/mol. The predicted octanol–water partition coefficient (Wildman–Crippen LogP) is 5.58. The third-order valence-corrected chi connectivity index (χ3v) is 8.05. The summed E-state index contributed by atoms with van der Waals surface area (Å²) >= 11 is 6.61. The molecule has 0 radical (unpaired) electrons. The van der Waals surface area contributed by atoms with Gasteiger partial charge in [0.1, 0.15) is 0 Å². The van der Waals surface area contributed by atoms with Crippen molar-refractivity contribution in [1.82, 2.24) is 0 Å². The van der Waals surface area contributed by atoms with Crippen molar-refractivity contribution in [3.8, 4) is 0 Å². The van der Waals surface area contributed by atoms with E-state index in [1.165, 1.54) is 0 Å². The van der Waals surface area contributed by atoms with Gasteiger partial charge >= 0.3 is 11.7 Å². The Kier molecular flexibility index (Phi) is 14.6. The fourth-order valence-electron chi connectivity index (χ4n) is 2.13. The molecule has 0 saturated carbocycles. The zero-order valence-corrected chi connectivity index (χ0v) is 18.5. The number of rotatable bonds is 16. The summed E-state index contributed by atoms with van der Waals surface area (Å²) < 4.78 is 10.8. The molecule has 0 aliphatic rings. The number of aliphatic carboxylic acids is 1. The summed E-state index contributed by atoms with van der Waals surface area (Å²) in [5.41, 5.74) is -2.94. The third kappa shape index (κ3) is 14.1. The highest BCUT2D eigenvalue weighted by atomic mass is 32.9. The first-order valence-corrected chi connectivity index (χ1v) is 13.0. The second-order valence-electron chi connectivity index (χ2n) is 6.47. The van der Waals surface area contributed by atoms with Gasteiger partial charge in [0, 0.05) is 5.25 Å². The molecule has 0 aromatic carbocycles. The lowest BCUT2D eigenvalue weighted by Gasteiger charge is -2.22. The van der Waals surface area contributed by atoms with Crippen LogP contribution in [0.4, 0.5) is 0 Å². The van der Waals surface area contributed by atoms with E-state index in [9.17, 15) is 4.79 Å². The minimum atomic E-state index is -2.94. The molecule has 25 heavy (non-hydrogen) atoms. The molecule has 0 aliphatic heterocycles. The maximum atomic E-state index is 10.9. The number of carbonyl (C=O) groups is 1. The highest BCUT2D eigenvalue weighted by Gasteiger charge is 2.28. The molecule has 3 atom stereocenters. The van der Waals surface area contributed by atoms with Gasteiger partial charge in [-0.05, 0) is 36.5 Å². The van der Waals surface area contributed by atoms with Gasteiger partial charge in [0.25, 0.3) is 0 Å². The van der Waals surface area contributed by atoms with Crippen LogP contribution in [0.25, 0.3) is 0 Å². The molecule has 0 aliphatic carbocycles. The molecule has 0 fully saturated rings. The van der Waals surface area contributed by atoms with Crippen LogP contribution in [-0.4, -0.2) is 29.5 Å². The topological polar surface area (TPSA) is 74.2 Å². The summed E-state index contributed by atoms with van der Waals surface area (Å²) in [7, 11) is 0. The quantitative estimate of drug-likeness (QED) is 0.199. The second kappa shape index (κ2) is 14.4. The number of hydrogen-bond donors (Lipinski definition) is 1. The van der Waals surface area contributed by atoms with Crippen molar-refractivity contribution in [2.24, 2.45) is 11.8 Å². The Labute approximate surface area is 161 Å². The van der Waals surface area contributed by atoms with E-state index in [0.29, 0.717) is 25.0 Å². The molecule has 0 spiro atoms. The molecule has 0 bridgehead atoms. The first-order chi connectivity index (χ1) is 11.7. The van der Waals surface area contributed by atoms with E-state index in [2.05, 4.69) is 27.7 Å². The minimum Gasteiger partial charge on any atom is -0.481 e. The molecule has 0 rings (SSSR count). The molecule has 0 aromatic heterocycles. The van der Waals surface area contributed by atoms with Crippen LogP contribution < -0.4 is 0 Å². The van der Waals surface area contributed by atoms with Gasteiger partial charge in [-0.2, -0.15) is 9.35 Å². The van der Waals surface area contributed by atoms with Crippen LogP contribution in [0.1, 0.15) is 66.7 Å². The summed E-state index contributed by atoms with van der Waals surface area (Å²) in [6, 6.07) is 0. The summed E-state index contributed by atoms with van der Waals surface area (Å²) in [5.74, 6) is -0.197. The van der Waals surface area contributed by atoms with Crippen LogP contribution in [-0.2, 0) is 35.7 Å². The van der Waals surface area contributed by atoms with Gasteiger partial charge < -0.3 is 5.11 Å². The van der Waals surface area contributed by atoms with E-state index < -0.39 is 11.7 Å². The Bertz CT molecular complexity index is 388. The van der Waals surface area contributed by atoms with Gasteiger partial charge in [0.15, 0.2) is 0 Å². The van der Waals surface area contributed by atoms with E-state index in [1.54, 1.807) is 6.92 Å². The minimum absolute atomic E-state index is 0.0335. The van der Waals surface area contributed by atoms with Crippen molar-refractivity contribution in [2.75, 3.05) is 13.2 Å². The standard InChI is InChI=1S/C16H33O6PS2/c1-6-8-13(3)11-19-21-23(24,25-15(5)10-16(17)18)22-20-12-14(4)9-7-2/h13-15H,6-12H2,1-5H3,(H,17,18). The van der Waals surface area contributed by atoms with Crippen LogP contribution in [0, 0.1) is 11.8 Å². The molecule has 6 nitrogen and oxygen atoms in total. The predicted molar refractivity (Wildman–Crippen MR) is 106 cm³/mol. The average Bonchev–Trinajstić information content (AvgIpc) is 2.46. The lowest BCUT2D eigenvalue weighted by molar-refractivity contribution is -0.260. The van der Waals surface area contributed by atoms with Crippen molar-refractivity contribution in [3.63, 3.8) is 0 Å². The molecule has 0 saturated heterocycles. The number of carboxylic acid groups (broad SMARTS) is 1. The van der Waals surface area contributed by atoms with Crippen molar-refractivity contribution in [2.45, 2.75) is 72.0 Å². The Balaban J connectivity index is 4.57. The van der Waals surface area contributed by atoms with Crippen LogP contribution in [0.3, 0.4) is 0 Å². The van der Waals surface area contributed by atoms with E-state index in [0.717, 1.165) is 37.1 Å². The van der Waals surface area contributed by atoms with E-state index in [1.807, 2.05) is 0 Å². The first-order valence-electron chi connectivity index (χ1n) is 8.85. The smallest absolute Gasteiger partial charge is 0.307 e. The molecule has 0 aromatic rings. The molecule has 0 heterocycles. The van der Waals surface area contributed by atoms with Gasteiger partial charge in [-0.3, -0.25) is 4.79 Å². The molecular formula is C16H33O6PS2.